The largest absolute Gasteiger partial charge is 0.490 e. The minimum Gasteiger partial charge on any atom is -0.490 e. The number of rotatable bonds is 11. The van der Waals surface area contributed by atoms with Crippen LogP contribution in [0.2, 0.25) is 0 Å². The van der Waals surface area contributed by atoms with E-state index in [0.717, 1.165) is 5.69 Å². The van der Waals surface area contributed by atoms with Crippen LogP contribution in [0.4, 0.5) is 11.4 Å². The van der Waals surface area contributed by atoms with E-state index < -0.39 is 10.0 Å². The number of morpholine rings is 1. The van der Waals surface area contributed by atoms with Crippen LogP contribution in [-0.4, -0.2) is 71.2 Å². The van der Waals surface area contributed by atoms with Gasteiger partial charge < -0.3 is 24.4 Å². The molecule has 1 fully saturated rings. The summed E-state index contributed by atoms with van der Waals surface area (Å²) in [5.41, 5.74) is 1.55. The van der Waals surface area contributed by atoms with E-state index >= 15 is 0 Å². The summed E-state index contributed by atoms with van der Waals surface area (Å²) < 4.78 is 44.4. The normalized spacial score (nSPS) is 14.1. The van der Waals surface area contributed by atoms with E-state index in [9.17, 15) is 13.2 Å². The van der Waals surface area contributed by atoms with E-state index in [1.807, 2.05) is 13.8 Å². The fourth-order valence-electron chi connectivity index (χ4n) is 3.96. The van der Waals surface area contributed by atoms with Gasteiger partial charge in [0.25, 0.3) is 5.91 Å². The predicted molar refractivity (Wildman–Crippen MR) is 136 cm³/mol. The smallest absolute Gasteiger partial charge is 0.255 e. The minimum absolute atomic E-state index is 0.134. The van der Waals surface area contributed by atoms with Gasteiger partial charge in [-0.25, -0.2) is 8.42 Å². The van der Waals surface area contributed by atoms with E-state index in [2.05, 4.69) is 10.2 Å². The van der Waals surface area contributed by atoms with E-state index in [4.69, 9.17) is 14.2 Å². The molecule has 9 nitrogen and oxygen atoms in total. The highest BCUT2D eigenvalue weighted by Crippen LogP contribution is 2.33. The van der Waals surface area contributed by atoms with Crippen molar-refractivity contribution in [2.75, 3.05) is 62.8 Å². The SMILES string of the molecule is CCOc1ccc(C(=O)Nc2cc(S(=O)(=O)N(CC)CC)ccc2N2CCOCC2)cc1OCC. The maximum absolute atomic E-state index is 13.3. The zero-order valence-electron chi connectivity index (χ0n) is 20.9. The standard InChI is InChI=1S/C25H35N3O6S/c1-5-28(6-2)35(30,31)20-10-11-22(27-13-15-32-16-14-27)21(18-20)26-25(29)19-9-12-23(33-7-3)24(17-19)34-8-4/h9-12,17-18H,5-8,13-16H2,1-4H3,(H,26,29). The topological polar surface area (TPSA) is 97.4 Å². The highest BCUT2D eigenvalue weighted by molar-refractivity contribution is 7.89. The van der Waals surface area contributed by atoms with Crippen molar-refractivity contribution in [1.29, 1.82) is 0 Å². The highest BCUT2D eigenvalue weighted by Gasteiger charge is 2.25. The van der Waals surface area contributed by atoms with Crippen molar-refractivity contribution >= 4 is 27.3 Å². The second kappa shape index (κ2) is 12.2. The minimum atomic E-state index is -3.70. The fourth-order valence-corrected chi connectivity index (χ4v) is 5.44. The molecule has 0 atom stereocenters. The Bertz CT molecular complexity index is 1110. The summed E-state index contributed by atoms with van der Waals surface area (Å²) in [6.45, 7) is 11.4. The van der Waals surface area contributed by atoms with E-state index in [0.29, 0.717) is 75.4 Å². The van der Waals surface area contributed by atoms with Gasteiger partial charge in [-0.3, -0.25) is 4.79 Å². The Morgan fingerprint density at radius 2 is 1.63 bits per heavy atom. The van der Waals surface area contributed by atoms with Crippen LogP contribution in [-0.2, 0) is 14.8 Å². The highest BCUT2D eigenvalue weighted by atomic mass is 32.2. The number of amides is 1. The molecule has 1 N–H and O–H groups in total. The lowest BCUT2D eigenvalue weighted by Gasteiger charge is -2.31. The maximum Gasteiger partial charge on any atom is 0.255 e. The summed E-state index contributed by atoms with van der Waals surface area (Å²) in [7, 11) is -3.70. The molecule has 1 aliphatic heterocycles. The maximum atomic E-state index is 13.3. The van der Waals surface area contributed by atoms with Crippen LogP contribution >= 0.6 is 0 Å². The summed E-state index contributed by atoms with van der Waals surface area (Å²) in [6, 6.07) is 9.88. The molecule has 192 valence electrons. The van der Waals surface area contributed by atoms with Crippen molar-refractivity contribution in [2.45, 2.75) is 32.6 Å². The fraction of sp³-hybridized carbons (Fsp3) is 0.480. The first-order chi connectivity index (χ1) is 16.8. The van der Waals surface area contributed by atoms with Gasteiger partial charge in [0.1, 0.15) is 0 Å². The molecule has 0 saturated carbocycles. The van der Waals surface area contributed by atoms with Crippen molar-refractivity contribution in [3.63, 3.8) is 0 Å². The Balaban J connectivity index is 1.99. The molecule has 0 aromatic heterocycles. The molecule has 1 saturated heterocycles. The quantitative estimate of drug-likeness (QED) is 0.498. The Hall–Kier alpha value is -2.82. The molecule has 1 amide bonds. The van der Waals surface area contributed by atoms with Crippen molar-refractivity contribution in [2.24, 2.45) is 0 Å². The van der Waals surface area contributed by atoms with Crippen LogP contribution in [0.5, 0.6) is 11.5 Å². The third-order valence-electron chi connectivity index (χ3n) is 5.72. The number of nitrogens with one attached hydrogen (secondary N) is 1. The molecule has 0 unspecified atom stereocenters. The number of carbonyl (C=O) groups excluding carboxylic acids is 1. The van der Waals surface area contributed by atoms with Gasteiger partial charge >= 0.3 is 0 Å². The molecule has 2 aromatic carbocycles. The summed E-state index contributed by atoms with van der Waals surface area (Å²) in [4.78, 5) is 15.5. The molecule has 1 heterocycles. The summed E-state index contributed by atoms with van der Waals surface area (Å²) in [5.74, 6) is 0.668. The third kappa shape index (κ3) is 6.25. The third-order valence-corrected chi connectivity index (χ3v) is 7.76. The van der Waals surface area contributed by atoms with Crippen LogP contribution in [0.3, 0.4) is 0 Å². The summed E-state index contributed by atoms with van der Waals surface area (Å²) >= 11 is 0. The number of hydrogen-bond acceptors (Lipinski definition) is 7. The number of sulfonamides is 1. The number of ether oxygens (including phenoxy) is 3. The van der Waals surface area contributed by atoms with Crippen LogP contribution in [0.1, 0.15) is 38.1 Å². The van der Waals surface area contributed by atoms with Crippen molar-refractivity contribution < 1.29 is 27.4 Å². The number of nitrogens with zero attached hydrogens (tertiary/aromatic N) is 2. The lowest BCUT2D eigenvalue weighted by molar-refractivity contribution is 0.102. The molecule has 2 aromatic rings. The number of benzene rings is 2. The molecular weight excluding hydrogens is 470 g/mol. The van der Waals surface area contributed by atoms with E-state index in [1.54, 1.807) is 44.2 Å². The van der Waals surface area contributed by atoms with Crippen molar-refractivity contribution in [3.05, 3.63) is 42.0 Å². The van der Waals surface area contributed by atoms with Gasteiger partial charge in [0, 0.05) is 31.7 Å². The molecule has 3 rings (SSSR count). The first-order valence-corrected chi connectivity index (χ1v) is 13.5. The zero-order valence-corrected chi connectivity index (χ0v) is 21.7. The summed E-state index contributed by atoms with van der Waals surface area (Å²) in [5, 5.41) is 2.93. The van der Waals surface area contributed by atoms with Gasteiger partial charge in [0.15, 0.2) is 11.5 Å². The van der Waals surface area contributed by atoms with Crippen LogP contribution < -0.4 is 19.7 Å². The van der Waals surface area contributed by atoms with Crippen molar-refractivity contribution in [1.82, 2.24) is 4.31 Å². The molecule has 0 spiro atoms. The Morgan fingerprint density at radius 3 is 2.26 bits per heavy atom. The number of hydrogen-bond donors (Lipinski definition) is 1. The van der Waals surface area contributed by atoms with Gasteiger partial charge in [-0.05, 0) is 50.2 Å². The van der Waals surface area contributed by atoms with Crippen molar-refractivity contribution in [3.8, 4) is 11.5 Å². The average Bonchev–Trinajstić information content (AvgIpc) is 2.86. The van der Waals surface area contributed by atoms with Gasteiger partial charge in [0.2, 0.25) is 10.0 Å². The lowest BCUT2D eigenvalue weighted by Crippen LogP contribution is -2.37. The van der Waals surface area contributed by atoms with Crippen LogP contribution in [0, 0.1) is 0 Å². The number of carbonyl (C=O) groups is 1. The Morgan fingerprint density at radius 1 is 0.971 bits per heavy atom. The predicted octanol–water partition coefficient (Wildman–Crippen LogP) is 3.60. The molecule has 0 aliphatic carbocycles. The Labute approximate surface area is 208 Å². The van der Waals surface area contributed by atoms with Gasteiger partial charge in [-0.1, -0.05) is 13.8 Å². The molecule has 1 aliphatic rings. The molecule has 10 heteroatoms. The second-order valence-electron chi connectivity index (χ2n) is 7.85. The summed E-state index contributed by atoms with van der Waals surface area (Å²) in [6.07, 6.45) is 0. The van der Waals surface area contributed by atoms with Crippen LogP contribution in [0.25, 0.3) is 0 Å². The number of anilines is 2. The van der Waals surface area contributed by atoms with Gasteiger partial charge in [-0.15, -0.1) is 0 Å². The van der Waals surface area contributed by atoms with Crippen LogP contribution in [0.15, 0.2) is 41.3 Å². The van der Waals surface area contributed by atoms with E-state index in [-0.39, 0.29) is 10.8 Å². The van der Waals surface area contributed by atoms with Gasteiger partial charge in [-0.2, -0.15) is 4.31 Å². The zero-order chi connectivity index (χ0) is 25.4. The van der Waals surface area contributed by atoms with Gasteiger partial charge in [0.05, 0.1) is 42.7 Å². The first-order valence-electron chi connectivity index (χ1n) is 12.0. The first kappa shape index (κ1) is 26.8. The molecule has 0 radical (unpaired) electrons. The monoisotopic (exact) mass is 505 g/mol. The lowest BCUT2D eigenvalue weighted by atomic mass is 10.1. The molecule has 0 bridgehead atoms. The second-order valence-corrected chi connectivity index (χ2v) is 9.79. The molecule has 35 heavy (non-hydrogen) atoms. The van der Waals surface area contributed by atoms with E-state index in [1.165, 1.54) is 10.4 Å². The Kier molecular flexibility index (Phi) is 9.36. The molecular formula is C25H35N3O6S. The average molecular weight is 506 g/mol.